The van der Waals surface area contributed by atoms with Crippen molar-refractivity contribution >= 4 is 5.91 Å². The first-order valence-electron chi connectivity index (χ1n) is 6.74. The van der Waals surface area contributed by atoms with E-state index in [0.717, 1.165) is 32.4 Å². The van der Waals surface area contributed by atoms with Crippen LogP contribution in [0.1, 0.15) is 29.6 Å². The van der Waals surface area contributed by atoms with E-state index < -0.39 is 0 Å². The Labute approximate surface area is 113 Å². The van der Waals surface area contributed by atoms with Crippen LogP contribution in [0.25, 0.3) is 0 Å². The number of pyridine rings is 1. The molecular weight excluding hydrogens is 242 g/mol. The molecule has 1 saturated heterocycles. The number of nitrogens with zero attached hydrogens (tertiary/aromatic N) is 2. The lowest BCUT2D eigenvalue weighted by Crippen LogP contribution is -2.40. The first-order valence-corrected chi connectivity index (χ1v) is 6.74. The Bertz CT molecular complexity index is 434. The van der Waals surface area contributed by atoms with Gasteiger partial charge in [-0.05, 0) is 43.9 Å². The lowest BCUT2D eigenvalue weighted by Gasteiger charge is -2.32. The SMILES string of the molecule is COc1ncccc1C(=O)N1CCCC(CCN)C1. The van der Waals surface area contributed by atoms with Gasteiger partial charge in [0.2, 0.25) is 5.88 Å². The number of carbonyl (C=O) groups is 1. The monoisotopic (exact) mass is 263 g/mol. The fourth-order valence-corrected chi connectivity index (χ4v) is 2.61. The largest absolute Gasteiger partial charge is 0.480 e. The Morgan fingerprint density at radius 3 is 3.21 bits per heavy atom. The highest BCUT2D eigenvalue weighted by molar-refractivity contribution is 5.96. The maximum absolute atomic E-state index is 12.5. The van der Waals surface area contributed by atoms with Crippen molar-refractivity contribution in [2.24, 2.45) is 11.7 Å². The summed E-state index contributed by atoms with van der Waals surface area (Å²) < 4.78 is 5.15. The molecule has 1 atom stereocenters. The Morgan fingerprint density at radius 2 is 2.47 bits per heavy atom. The molecule has 1 amide bonds. The Balaban J connectivity index is 2.10. The van der Waals surface area contributed by atoms with Crippen LogP contribution in [0.2, 0.25) is 0 Å². The highest BCUT2D eigenvalue weighted by Crippen LogP contribution is 2.23. The summed E-state index contributed by atoms with van der Waals surface area (Å²) in [6.07, 6.45) is 4.81. The molecular formula is C14H21N3O2. The van der Waals surface area contributed by atoms with E-state index in [2.05, 4.69) is 4.98 Å². The van der Waals surface area contributed by atoms with Crippen molar-refractivity contribution in [3.63, 3.8) is 0 Å². The topological polar surface area (TPSA) is 68.5 Å². The molecule has 5 heteroatoms. The van der Waals surface area contributed by atoms with Crippen LogP contribution in [0.5, 0.6) is 5.88 Å². The maximum atomic E-state index is 12.5. The number of rotatable bonds is 4. The van der Waals surface area contributed by atoms with E-state index in [1.54, 1.807) is 18.3 Å². The lowest BCUT2D eigenvalue weighted by molar-refractivity contribution is 0.0665. The lowest BCUT2D eigenvalue weighted by atomic mass is 9.94. The molecule has 0 spiro atoms. The number of hydrogen-bond donors (Lipinski definition) is 1. The summed E-state index contributed by atoms with van der Waals surface area (Å²) in [7, 11) is 1.53. The Kier molecular flexibility index (Phi) is 4.74. The Hall–Kier alpha value is -1.62. The number of hydrogen-bond acceptors (Lipinski definition) is 4. The van der Waals surface area contributed by atoms with Crippen LogP contribution in [0.4, 0.5) is 0 Å². The normalized spacial score (nSPS) is 19.3. The van der Waals surface area contributed by atoms with Gasteiger partial charge < -0.3 is 15.4 Å². The molecule has 2 heterocycles. The second kappa shape index (κ2) is 6.52. The smallest absolute Gasteiger partial charge is 0.259 e. The van der Waals surface area contributed by atoms with E-state index in [1.807, 2.05) is 4.90 Å². The zero-order chi connectivity index (χ0) is 13.7. The zero-order valence-electron chi connectivity index (χ0n) is 11.3. The number of nitrogens with two attached hydrogens (primary N) is 1. The molecule has 2 rings (SSSR count). The molecule has 0 saturated carbocycles. The van der Waals surface area contributed by atoms with E-state index in [9.17, 15) is 4.79 Å². The molecule has 0 aromatic carbocycles. The first kappa shape index (κ1) is 13.8. The van der Waals surface area contributed by atoms with Gasteiger partial charge >= 0.3 is 0 Å². The molecule has 0 radical (unpaired) electrons. The second-order valence-corrected chi connectivity index (χ2v) is 4.90. The van der Waals surface area contributed by atoms with Gasteiger partial charge in [-0.1, -0.05) is 0 Å². The second-order valence-electron chi connectivity index (χ2n) is 4.90. The molecule has 1 aliphatic rings. The predicted molar refractivity (Wildman–Crippen MR) is 73.1 cm³/mol. The van der Waals surface area contributed by atoms with E-state index >= 15 is 0 Å². The van der Waals surface area contributed by atoms with Crippen LogP contribution in [-0.4, -0.2) is 42.5 Å². The molecule has 1 aromatic heterocycles. The van der Waals surface area contributed by atoms with Crippen LogP contribution >= 0.6 is 0 Å². The van der Waals surface area contributed by atoms with E-state index in [4.69, 9.17) is 10.5 Å². The zero-order valence-corrected chi connectivity index (χ0v) is 11.3. The number of aromatic nitrogens is 1. The van der Waals surface area contributed by atoms with E-state index in [1.165, 1.54) is 7.11 Å². The van der Waals surface area contributed by atoms with Gasteiger partial charge in [-0.3, -0.25) is 4.79 Å². The number of ether oxygens (including phenoxy) is 1. The van der Waals surface area contributed by atoms with Gasteiger partial charge in [-0.2, -0.15) is 0 Å². The van der Waals surface area contributed by atoms with Gasteiger partial charge in [0.25, 0.3) is 5.91 Å². The third kappa shape index (κ3) is 3.23. The summed E-state index contributed by atoms with van der Waals surface area (Å²) in [6, 6.07) is 3.53. The van der Waals surface area contributed by atoms with Crippen LogP contribution in [0.3, 0.4) is 0 Å². The van der Waals surface area contributed by atoms with Crippen molar-refractivity contribution in [1.82, 2.24) is 9.88 Å². The van der Waals surface area contributed by atoms with Crippen molar-refractivity contribution in [3.05, 3.63) is 23.9 Å². The molecule has 0 bridgehead atoms. The van der Waals surface area contributed by atoms with Crippen LogP contribution in [0.15, 0.2) is 18.3 Å². The highest BCUT2D eigenvalue weighted by Gasteiger charge is 2.26. The van der Waals surface area contributed by atoms with Crippen molar-refractivity contribution < 1.29 is 9.53 Å². The minimum Gasteiger partial charge on any atom is -0.480 e. The number of carbonyl (C=O) groups excluding carboxylic acids is 1. The summed E-state index contributed by atoms with van der Waals surface area (Å²) in [6.45, 7) is 2.27. The quantitative estimate of drug-likeness (QED) is 0.888. The van der Waals surface area contributed by atoms with Gasteiger partial charge in [0.05, 0.1) is 7.11 Å². The highest BCUT2D eigenvalue weighted by atomic mass is 16.5. The molecule has 1 fully saturated rings. The summed E-state index contributed by atoms with van der Waals surface area (Å²) in [5.74, 6) is 0.922. The molecule has 19 heavy (non-hydrogen) atoms. The number of piperidine rings is 1. The maximum Gasteiger partial charge on any atom is 0.259 e. The number of amides is 1. The molecule has 1 aromatic rings. The van der Waals surface area contributed by atoms with Crippen molar-refractivity contribution in [2.45, 2.75) is 19.3 Å². The fraction of sp³-hybridized carbons (Fsp3) is 0.571. The van der Waals surface area contributed by atoms with Crippen LogP contribution in [-0.2, 0) is 0 Å². The van der Waals surface area contributed by atoms with Gasteiger partial charge in [-0.25, -0.2) is 4.98 Å². The van der Waals surface area contributed by atoms with Crippen LogP contribution in [0, 0.1) is 5.92 Å². The number of methoxy groups -OCH3 is 1. The van der Waals surface area contributed by atoms with Gasteiger partial charge in [0.15, 0.2) is 0 Å². The number of likely N-dealkylation sites (tertiary alicyclic amines) is 1. The molecule has 1 aliphatic heterocycles. The minimum atomic E-state index is 0.00618. The molecule has 0 aliphatic carbocycles. The summed E-state index contributed by atoms with van der Waals surface area (Å²) in [5, 5.41) is 0. The van der Waals surface area contributed by atoms with E-state index in [0.29, 0.717) is 23.9 Å². The van der Waals surface area contributed by atoms with Gasteiger partial charge in [-0.15, -0.1) is 0 Å². The molecule has 5 nitrogen and oxygen atoms in total. The van der Waals surface area contributed by atoms with Gasteiger partial charge in [0.1, 0.15) is 5.56 Å². The minimum absolute atomic E-state index is 0.00618. The molecule has 1 unspecified atom stereocenters. The molecule has 104 valence electrons. The summed E-state index contributed by atoms with van der Waals surface area (Å²) in [4.78, 5) is 18.5. The third-order valence-electron chi connectivity index (χ3n) is 3.58. The summed E-state index contributed by atoms with van der Waals surface area (Å²) in [5.41, 5.74) is 6.14. The van der Waals surface area contributed by atoms with Crippen molar-refractivity contribution in [1.29, 1.82) is 0 Å². The van der Waals surface area contributed by atoms with Crippen molar-refractivity contribution in [3.8, 4) is 5.88 Å². The van der Waals surface area contributed by atoms with Crippen LogP contribution < -0.4 is 10.5 Å². The summed E-state index contributed by atoms with van der Waals surface area (Å²) >= 11 is 0. The fourth-order valence-electron chi connectivity index (χ4n) is 2.61. The van der Waals surface area contributed by atoms with E-state index in [-0.39, 0.29) is 5.91 Å². The van der Waals surface area contributed by atoms with Gasteiger partial charge in [0, 0.05) is 19.3 Å². The standard InChI is InChI=1S/C14H21N3O2/c1-19-13-12(5-2-8-16-13)14(18)17-9-3-4-11(10-17)6-7-15/h2,5,8,11H,3-4,6-7,9-10,15H2,1H3. The average Bonchev–Trinajstić information content (AvgIpc) is 2.47. The Morgan fingerprint density at radius 1 is 1.63 bits per heavy atom. The molecule has 2 N–H and O–H groups in total. The average molecular weight is 263 g/mol. The first-order chi connectivity index (χ1) is 9.26. The van der Waals surface area contributed by atoms with Crippen molar-refractivity contribution in [2.75, 3.05) is 26.7 Å². The third-order valence-corrected chi connectivity index (χ3v) is 3.58. The predicted octanol–water partition coefficient (Wildman–Crippen LogP) is 1.29.